The topological polar surface area (TPSA) is 12.4 Å². The molecule has 0 radical (unpaired) electrons. The highest BCUT2D eigenvalue weighted by atomic mass is 14.7. The molecule has 1 aliphatic heterocycles. The number of allylic oxidation sites excluding steroid dienone is 1. The highest BCUT2D eigenvalue weighted by Crippen LogP contribution is 2.06. The van der Waals surface area contributed by atoms with E-state index >= 15 is 0 Å². The van der Waals surface area contributed by atoms with Gasteiger partial charge in [-0.05, 0) is 12.8 Å². The molecular formula is C8H13N. The Morgan fingerprint density at radius 1 is 1.67 bits per heavy atom. The third-order valence-corrected chi connectivity index (χ3v) is 1.53. The average molecular weight is 123 g/mol. The van der Waals surface area contributed by atoms with Crippen LogP contribution in [0.3, 0.4) is 0 Å². The van der Waals surface area contributed by atoms with Gasteiger partial charge in [0.2, 0.25) is 0 Å². The van der Waals surface area contributed by atoms with Crippen LogP contribution in [0.15, 0.2) is 17.3 Å². The minimum absolute atomic E-state index is 1.10. The van der Waals surface area contributed by atoms with Gasteiger partial charge in [-0.3, -0.25) is 4.99 Å². The molecule has 0 atom stereocenters. The van der Waals surface area contributed by atoms with Gasteiger partial charge in [0.15, 0.2) is 0 Å². The minimum atomic E-state index is 1.10. The highest BCUT2D eigenvalue weighted by molar-refractivity contribution is 5.87. The summed E-state index contributed by atoms with van der Waals surface area (Å²) in [6, 6.07) is 0. The first-order valence-corrected chi connectivity index (χ1v) is 3.64. The van der Waals surface area contributed by atoms with Crippen LogP contribution in [0.1, 0.15) is 32.6 Å². The molecule has 1 heteroatoms. The number of aliphatic imine (C=N–C) groups is 1. The molecular weight excluding hydrogens is 110 g/mol. The molecule has 0 aromatic rings. The highest BCUT2D eigenvalue weighted by Gasteiger charge is 1.98. The van der Waals surface area contributed by atoms with Crippen molar-refractivity contribution in [2.24, 2.45) is 4.99 Å². The zero-order valence-corrected chi connectivity index (χ0v) is 5.93. The molecule has 1 heterocycles. The predicted molar refractivity (Wildman–Crippen MR) is 40.7 cm³/mol. The molecule has 0 spiro atoms. The lowest BCUT2D eigenvalue weighted by molar-refractivity contribution is 0.831. The maximum atomic E-state index is 4.21. The summed E-state index contributed by atoms with van der Waals surface area (Å²) in [5.74, 6) is 0. The van der Waals surface area contributed by atoms with Crippen LogP contribution in [0.25, 0.3) is 0 Å². The van der Waals surface area contributed by atoms with Crippen molar-refractivity contribution in [3.05, 3.63) is 12.3 Å². The summed E-state index contributed by atoms with van der Waals surface area (Å²) in [6.45, 7) is 2.21. The first-order chi connectivity index (χ1) is 4.43. The quantitative estimate of drug-likeness (QED) is 0.547. The van der Waals surface area contributed by atoms with Gasteiger partial charge in [-0.25, -0.2) is 0 Å². The number of hydrogen-bond donors (Lipinski definition) is 0. The maximum Gasteiger partial charge on any atom is 0.0231 e. The predicted octanol–water partition coefficient (Wildman–Crippen LogP) is 2.54. The van der Waals surface area contributed by atoms with E-state index < -0.39 is 0 Å². The molecule has 0 amide bonds. The molecule has 0 saturated heterocycles. The van der Waals surface area contributed by atoms with Gasteiger partial charge in [-0.2, -0.15) is 0 Å². The van der Waals surface area contributed by atoms with E-state index in [-0.39, 0.29) is 0 Å². The lowest BCUT2D eigenvalue weighted by Gasteiger charge is -1.94. The third-order valence-electron chi connectivity index (χ3n) is 1.53. The Balaban J connectivity index is 2.14. The van der Waals surface area contributed by atoms with Gasteiger partial charge < -0.3 is 0 Å². The molecule has 9 heavy (non-hydrogen) atoms. The third kappa shape index (κ3) is 2.00. The summed E-state index contributed by atoms with van der Waals surface area (Å²) >= 11 is 0. The van der Waals surface area contributed by atoms with Crippen LogP contribution >= 0.6 is 0 Å². The monoisotopic (exact) mass is 123 g/mol. The molecule has 50 valence electrons. The maximum absolute atomic E-state index is 4.21. The summed E-state index contributed by atoms with van der Waals surface area (Å²) < 4.78 is 0. The smallest absolute Gasteiger partial charge is 0.0231 e. The fourth-order valence-corrected chi connectivity index (χ4v) is 0.947. The van der Waals surface area contributed by atoms with Crippen LogP contribution in [0.5, 0.6) is 0 Å². The summed E-state index contributed by atoms with van der Waals surface area (Å²) in [5, 5.41) is 0. The van der Waals surface area contributed by atoms with Crippen molar-refractivity contribution in [2.45, 2.75) is 32.6 Å². The van der Waals surface area contributed by atoms with E-state index in [0.717, 1.165) is 6.42 Å². The Morgan fingerprint density at radius 3 is 3.11 bits per heavy atom. The molecule has 0 aromatic carbocycles. The molecule has 0 N–H and O–H groups in total. The van der Waals surface area contributed by atoms with Gasteiger partial charge in [0, 0.05) is 18.3 Å². The molecule has 0 bridgehead atoms. The van der Waals surface area contributed by atoms with E-state index in [1.54, 1.807) is 0 Å². The van der Waals surface area contributed by atoms with Crippen molar-refractivity contribution in [3.63, 3.8) is 0 Å². The molecule has 1 aliphatic rings. The van der Waals surface area contributed by atoms with Crippen LogP contribution in [0, 0.1) is 0 Å². The van der Waals surface area contributed by atoms with Crippen molar-refractivity contribution in [2.75, 3.05) is 0 Å². The average Bonchev–Trinajstić information content (AvgIpc) is 2.34. The largest absolute Gasteiger partial charge is 0.266 e. The molecule has 0 aliphatic carbocycles. The lowest BCUT2D eigenvalue weighted by atomic mass is 10.1. The Hall–Kier alpha value is -0.590. The van der Waals surface area contributed by atoms with Gasteiger partial charge >= 0.3 is 0 Å². The van der Waals surface area contributed by atoms with E-state index in [0.29, 0.717) is 0 Å². The number of unbranched alkanes of at least 4 members (excludes halogenated alkanes) is 1. The minimum Gasteiger partial charge on any atom is -0.266 e. The van der Waals surface area contributed by atoms with Gasteiger partial charge in [0.1, 0.15) is 0 Å². The van der Waals surface area contributed by atoms with Crippen molar-refractivity contribution < 1.29 is 0 Å². The second kappa shape index (κ2) is 3.44. The zero-order valence-electron chi connectivity index (χ0n) is 5.93. The summed E-state index contributed by atoms with van der Waals surface area (Å²) in [4.78, 5) is 4.21. The lowest BCUT2D eigenvalue weighted by Crippen LogP contribution is -1.91. The molecule has 0 saturated carbocycles. The summed E-state index contributed by atoms with van der Waals surface area (Å²) in [6.07, 6.45) is 8.89. The van der Waals surface area contributed by atoms with Crippen LogP contribution in [-0.4, -0.2) is 5.71 Å². The van der Waals surface area contributed by atoms with Crippen LogP contribution in [0.2, 0.25) is 0 Å². The van der Waals surface area contributed by atoms with E-state index in [9.17, 15) is 0 Å². The first kappa shape index (κ1) is 6.53. The van der Waals surface area contributed by atoms with Crippen molar-refractivity contribution >= 4 is 5.71 Å². The van der Waals surface area contributed by atoms with Gasteiger partial charge in [0.05, 0.1) is 0 Å². The van der Waals surface area contributed by atoms with Gasteiger partial charge in [0.25, 0.3) is 0 Å². The van der Waals surface area contributed by atoms with Gasteiger partial charge in [-0.1, -0.05) is 19.4 Å². The standard InChI is InChI=1S/C8H13N/c1-2-3-5-8-6-4-7-9-8/h4,7H,2-3,5-6H2,1H3. The van der Waals surface area contributed by atoms with Crippen LogP contribution < -0.4 is 0 Å². The van der Waals surface area contributed by atoms with Crippen molar-refractivity contribution in [3.8, 4) is 0 Å². The van der Waals surface area contributed by atoms with E-state index in [1.165, 1.54) is 25.0 Å². The fraction of sp³-hybridized carbons (Fsp3) is 0.625. The second-order valence-electron chi connectivity index (χ2n) is 2.39. The Kier molecular flexibility index (Phi) is 2.49. The van der Waals surface area contributed by atoms with E-state index in [4.69, 9.17) is 0 Å². The molecule has 0 fully saturated rings. The van der Waals surface area contributed by atoms with E-state index in [1.807, 2.05) is 6.20 Å². The van der Waals surface area contributed by atoms with Crippen LogP contribution in [-0.2, 0) is 0 Å². The SMILES string of the molecule is CCCCC1=NC=CC1. The van der Waals surface area contributed by atoms with Crippen molar-refractivity contribution in [1.29, 1.82) is 0 Å². The van der Waals surface area contributed by atoms with Crippen LogP contribution in [0.4, 0.5) is 0 Å². The molecule has 1 rings (SSSR count). The summed E-state index contributed by atoms with van der Waals surface area (Å²) in [7, 11) is 0. The Labute approximate surface area is 56.5 Å². The number of hydrogen-bond acceptors (Lipinski definition) is 1. The Bertz CT molecular complexity index is 134. The normalized spacial score (nSPS) is 16.3. The van der Waals surface area contributed by atoms with Gasteiger partial charge in [-0.15, -0.1) is 0 Å². The van der Waals surface area contributed by atoms with Crippen molar-refractivity contribution in [1.82, 2.24) is 0 Å². The second-order valence-corrected chi connectivity index (χ2v) is 2.39. The van der Waals surface area contributed by atoms with E-state index in [2.05, 4.69) is 18.0 Å². The number of rotatable bonds is 3. The summed E-state index contributed by atoms with van der Waals surface area (Å²) in [5.41, 5.74) is 1.36. The molecule has 1 nitrogen and oxygen atoms in total. The fourth-order valence-electron chi connectivity index (χ4n) is 0.947. The molecule has 0 aromatic heterocycles. The molecule has 0 unspecified atom stereocenters. The zero-order chi connectivity index (χ0) is 6.53. The first-order valence-electron chi connectivity index (χ1n) is 3.64. The number of nitrogens with zero attached hydrogens (tertiary/aromatic N) is 1. The Morgan fingerprint density at radius 2 is 2.56 bits per heavy atom.